The Bertz CT molecular complexity index is 12100. The van der Waals surface area contributed by atoms with Gasteiger partial charge in [-0.3, -0.25) is 0 Å². The number of furan rings is 2. The van der Waals surface area contributed by atoms with Crippen LogP contribution in [0.15, 0.2) is 470 Å². The predicted molar refractivity (Wildman–Crippen MR) is 645 cm³/mol. The molecule has 0 saturated heterocycles. The van der Waals surface area contributed by atoms with Gasteiger partial charge in [-0.25, -0.2) is 0 Å². The van der Waals surface area contributed by atoms with E-state index in [1.165, 1.54) is 263 Å². The van der Waals surface area contributed by atoms with Crippen LogP contribution < -0.4 is 0 Å². The molecule has 0 atom stereocenters. The molecule has 0 aliphatic heterocycles. The van der Waals surface area contributed by atoms with Gasteiger partial charge in [0.2, 0.25) is 0 Å². The van der Waals surface area contributed by atoms with Crippen LogP contribution in [0.5, 0.6) is 0 Å². The minimum atomic E-state index is 0.914. The van der Waals surface area contributed by atoms with Gasteiger partial charge in [-0.1, -0.05) is 322 Å². The lowest BCUT2D eigenvalue weighted by Crippen LogP contribution is -1.94. The number of fused-ring (bicyclic) bond motifs is 52. The monoisotopic (exact) mass is 1990 g/mol. The molecule has 0 bridgehead atoms. The summed E-state index contributed by atoms with van der Waals surface area (Å²) in [5.41, 5.74) is 18.5. The van der Waals surface area contributed by atoms with Crippen molar-refractivity contribution in [3.63, 3.8) is 0 Å². The summed E-state index contributed by atoms with van der Waals surface area (Å²) in [5.74, 6) is 0. The zero-order valence-corrected chi connectivity index (χ0v) is 83.8. The van der Waals surface area contributed by atoms with Crippen LogP contribution in [0.4, 0.5) is 0 Å². The van der Waals surface area contributed by atoms with Crippen LogP contribution in [-0.2, 0) is 0 Å². The highest BCUT2D eigenvalue weighted by atomic mass is 32.1. The van der Waals surface area contributed by atoms with Crippen molar-refractivity contribution in [1.82, 2.24) is 18.3 Å². The average Bonchev–Trinajstić information content (AvgIpc) is 1.55. The highest BCUT2D eigenvalue weighted by Gasteiger charge is 2.30. The maximum atomic E-state index is 6.30. The first-order valence-electron chi connectivity index (χ1n) is 50.1. The molecule has 24 aromatic carbocycles. The molecule has 36 rings (SSSR count). The standard InChI is InChI=1S/2C34H19NOS.2C34H19NS2/c1-2-11-24-23(10-1)31-26-13-5-8-16-30(26)37-34(31)32-25-12-3-6-14-27(25)35(33(24)32)20-17-18-22-21-9-4-7-15-28(21)36-29(22)19-20;1-2-11-23-22(10-1)31-24-12-3-6-14-27(24)35(33(31)34-32(23)25-13-5-8-16-30(25)37-34)20-17-18-29-26(19-20)21-9-4-7-15-28(21)36-29;1-2-11-24-23(10-1)31-25-12-3-6-14-27(25)35(33(31)34-32(24)26-13-5-8-16-29(26)37-34)20-17-18-22-21-9-4-7-15-28(21)36-30(22)19-20;1-2-11-23-22(10-1)31-25-13-5-8-16-29(25)37-34(31)32-24-12-3-6-14-27(24)35(33(23)32)20-17-18-30-26(19-20)21-9-4-7-15-28(21)36-30/h4*1-19H. The molecule has 0 amide bonds. The molecule has 0 radical (unpaired) electrons. The van der Waals surface area contributed by atoms with Crippen LogP contribution in [0.25, 0.3) is 318 Å². The third kappa shape index (κ3) is 11.9. The molecular formula is C136H76N4O2S6. The fourth-order valence-corrected chi connectivity index (χ4v) is 32.3. The zero-order chi connectivity index (χ0) is 96.3. The Kier molecular flexibility index (Phi) is 17.9. The molecule has 0 saturated carbocycles. The fraction of sp³-hybridized carbons (Fsp3) is 0. The Labute approximate surface area is 866 Å². The van der Waals surface area contributed by atoms with Crippen LogP contribution in [0.3, 0.4) is 0 Å². The maximum absolute atomic E-state index is 6.30. The molecule has 6 nitrogen and oxygen atoms in total. The van der Waals surface area contributed by atoms with Gasteiger partial charge in [0, 0.05) is 216 Å². The summed E-state index contributed by atoms with van der Waals surface area (Å²) in [5, 5.41) is 41.8. The maximum Gasteiger partial charge on any atom is 0.137 e. The Balaban J connectivity index is 0.0000000859. The molecule has 148 heavy (non-hydrogen) atoms. The topological polar surface area (TPSA) is 46.0 Å². The van der Waals surface area contributed by atoms with Crippen molar-refractivity contribution in [1.29, 1.82) is 0 Å². The third-order valence-corrected chi connectivity index (χ3v) is 38.1. The lowest BCUT2D eigenvalue weighted by molar-refractivity contribution is 0.668. The van der Waals surface area contributed by atoms with E-state index in [1.807, 2.05) is 92.3 Å². The molecule has 0 N–H and O–H groups in total. The lowest BCUT2D eigenvalue weighted by Gasteiger charge is -2.11. The van der Waals surface area contributed by atoms with E-state index >= 15 is 0 Å². The highest BCUT2D eigenvalue weighted by Crippen LogP contribution is 2.56. The number of nitrogens with zero attached hydrogens (tertiary/aromatic N) is 4. The van der Waals surface area contributed by atoms with E-state index in [1.54, 1.807) is 0 Å². The zero-order valence-electron chi connectivity index (χ0n) is 78.9. The van der Waals surface area contributed by atoms with Crippen molar-refractivity contribution >= 4 is 363 Å². The van der Waals surface area contributed by atoms with Crippen molar-refractivity contribution in [2.45, 2.75) is 0 Å². The molecule has 12 heteroatoms. The van der Waals surface area contributed by atoms with Gasteiger partial charge in [0.25, 0.3) is 0 Å². The van der Waals surface area contributed by atoms with E-state index in [0.717, 1.165) is 55.3 Å². The first-order chi connectivity index (χ1) is 73.5. The van der Waals surface area contributed by atoms with E-state index in [4.69, 9.17) is 8.83 Å². The van der Waals surface area contributed by atoms with E-state index in [2.05, 4.69) is 455 Å². The Morgan fingerprint density at radius 2 is 0.378 bits per heavy atom. The number of rotatable bonds is 4. The summed E-state index contributed by atoms with van der Waals surface area (Å²) in [6, 6.07) is 168. The Hall–Kier alpha value is -17.6. The van der Waals surface area contributed by atoms with Gasteiger partial charge >= 0.3 is 0 Å². The van der Waals surface area contributed by atoms with Crippen LogP contribution in [0, 0.1) is 0 Å². The Morgan fingerprint density at radius 3 is 0.824 bits per heavy atom. The molecule has 0 unspecified atom stereocenters. The molecule has 688 valence electrons. The van der Waals surface area contributed by atoms with Crippen LogP contribution in [0.1, 0.15) is 0 Å². The van der Waals surface area contributed by atoms with Crippen LogP contribution in [-0.4, -0.2) is 18.3 Å². The quantitative estimate of drug-likeness (QED) is 0.176. The Morgan fingerprint density at radius 1 is 0.128 bits per heavy atom. The number of para-hydroxylation sites is 6. The summed E-state index contributed by atoms with van der Waals surface area (Å²) in [7, 11) is 0. The van der Waals surface area contributed by atoms with Gasteiger partial charge in [-0.2, -0.15) is 0 Å². The summed E-state index contributed by atoms with van der Waals surface area (Å²) in [6.07, 6.45) is 0. The number of hydrogen-bond acceptors (Lipinski definition) is 8. The fourth-order valence-electron chi connectivity index (χ4n) is 25.0. The van der Waals surface area contributed by atoms with Crippen molar-refractivity contribution in [2.24, 2.45) is 0 Å². The largest absolute Gasteiger partial charge is 0.456 e. The number of hydrogen-bond donors (Lipinski definition) is 0. The summed E-state index contributed by atoms with van der Waals surface area (Å²) in [4.78, 5) is 0. The first-order valence-corrected chi connectivity index (χ1v) is 55.0. The minimum Gasteiger partial charge on any atom is -0.456 e. The van der Waals surface area contributed by atoms with Crippen molar-refractivity contribution in [3.05, 3.63) is 461 Å². The molecule has 36 aromatic rings. The molecule has 12 heterocycles. The van der Waals surface area contributed by atoms with Gasteiger partial charge in [-0.15, -0.1) is 68.0 Å². The molecular weight excluding hydrogens is 1910 g/mol. The summed E-state index contributed by atoms with van der Waals surface area (Å²) in [6.45, 7) is 0. The summed E-state index contributed by atoms with van der Waals surface area (Å²) < 4.78 is 38.5. The number of thiophene rings is 6. The van der Waals surface area contributed by atoms with Gasteiger partial charge in [0.1, 0.15) is 22.3 Å². The molecule has 0 fully saturated rings. The number of benzene rings is 24. The second-order valence-electron chi connectivity index (χ2n) is 38.8. The highest BCUT2D eigenvalue weighted by molar-refractivity contribution is 7.29. The molecule has 0 aliphatic rings. The normalized spacial score (nSPS) is 12.3. The predicted octanol–water partition coefficient (Wildman–Crippen LogP) is 41.8. The van der Waals surface area contributed by atoms with Gasteiger partial charge in [0.05, 0.1) is 53.5 Å². The van der Waals surface area contributed by atoms with E-state index in [-0.39, 0.29) is 0 Å². The number of aromatic nitrogens is 4. The second-order valence-corrected chi connectivity index (χ2v) is 45.2. The third-order valence-electron chi connectivity index (χ3n) is 31.1. The van der Waals surface area contributed by atoms with E-state index in [0.29, 0.717) is 0 Å². The molecule has 0 aliphatic carbocycles. The smallest absolute Gasteiger partial charge is 0.137 e. The molecule has 0 spiro atoms. The molecule has 12 aromatic heterocycles. The second kappa shape index (κ2) is 32.0. The lowest BCUT2D eigenvalue weighted by atomic mass is 9.99. The van der Waals surface area contributed by atoms with Crippen molar-refractivity contribution in [3.8, 4) is 22.7 Å². The summed E-state index contributed by atoms with van der Waals surface area (Å²) >= 11 is 11.4. The van der Waals surface area contributed by atoms with Crippen LogP contribution in [0.2, 0.25) is 0 Å². The minimum absolute atomic E-state index is 0.914. The van der Waals surface area contributed by atoms with Gasteiger partial charge < -0.3 is 27.1 Å². The van der Waals surface area contributed by atoms with Crippen molar-refractivity contribution in [2.75, 3.05) is 0 Å². The van der Waals surface area contributed by atoms with Gasteiger partial charge in [0.15, 0.2) is 0 Å². The van der Waals surface area contributed by atoms with E-state index in [9.17, 15) is 0 Å². The SMILES string of the molecule is c1ccc2c(c1)oc1cc(-n3c4ccccc4c4c5sc6ccccc6c5c5ccccc5c43)ccc12.c1ccc2c(c1)oc1ccc(-n3c4ccccc4c4c5ccccc5c5c6ccccc6sc5c43)cc12.c1ccc2c(c1)sc1cc(-n3c4ccccc4c4c5ccccc5c5c6ccccc6sc5c43)ccc12.c1ccc2c(c1)sc1ccc(-n3c4ccccc4c4c5sc6ccccc6c5c5ccccc5c43)cc12. The average molecular weight is 1990 g/mol. The van der Waals surface area contributed by atoms with Crippen molar-refractivity contribution < 1.29 is 8.83 Å². The van der Waals surface area contributed by atoms with Gasteiger partial charge in [-0.05, 0) is 166 Å². The van der Waals surface area contributed by atoms with E-state index < -0.39 is 0 Å². The van der Waals surface area contributed by atoms with Crippen LogP contribution >= 0.6 is 68.0 Å². The first kappa shape index (κ1) is 82.8.